The fourth-order valence-electron chi connectivity index (χ4n) is 9.76. The molecule has 1 amide bonds. The molecule has 9 N–H and O–H groups in total. The minimum atomic E-state index is -1.78. The van der Waals surface area contributed by atoms with Gasteiger partial charge in [0.25, 0.3) is 0 Å². The Hall–Kier alpha value is -2.05. The molecular weight excluding hydrogens is 943 g/mol. The maximum Gasteiger partial charge on any atom is 0.220 e. The molecule has 2 aliphatic heterocycles. The van der Waals surface area contributed by atoms with Crippen molar-refractivity contribution in [1.29, 1.82) is 0 Å². The van der Waals surface area contributed by atoms with Gasteiger partial charge < -0.3 is 65.1 Å². The summed E-state index contributed by atoms with van der Waals surface area (Å²) in [5.41, 5.74) is 0. The second kappa shape index (κ2) is 45.9. The number of hydrogen-bond acceptors (Lipinski definition) is 13. The number of rotatable bonds is 47. The van der Waals surface area contributed by atoms with Crippen LogP contribution >= 0.6 is 0 Å². The van der Waals surface area contributed by atoms with Crippen molar-refractivity contribution >= 4 is 5.91 Å². The van der Waals surface area contributed by atoms with Gasteiger partial charge >= 0.3 is 0 Å². The highest BCUT2D eigenvalue weighted by Gasteiger charge is 2.51. The Balaban J connectivity index is 1.76. The van der Waals surface area contributed by atoms with E-state index in [2.05, 4.69) is 67.8 Å². The topological polar surface area (TPSA) is 228 Å². The summed E-state index contributed by atoms with van der Waals surface area (Å²) in [7, 11) is 0. The van der Waals surface area contributed by atoms with E-state index in [-0.39, 0.29) is 12.5 Å². The van der Waals surface area contributed by atoms with Crippen LogP contribution in [0.1, 0.15) is 232 Å². The lowest BCUT2D eigenvalue weighted by atomic mass is 9.97. The van der Waals surface area contributed by atoms with E-state index in [0.717, 1.165) is 77.0 Å². The van der Waals surface area contributed by atoms with Crippen molar-refractivity contribution in [1.82, 2.24) is 5.32 Å². The van der Waals surface area contributed by atoms with Crippen LogP contribution in [0.15, 0.2) is 48.6 Å². The molecule has 0 bridgehead atoms. The average molecular weight is 1050 g/mol. The summed E-state index contributed by atoms with van der Waals surface area (Å²) >= 11 is 0. The fraction of sp³-hybridized carbons (Fsp3) is 0.850. The molecule has 0 radical (unpaired) electrons. The zero-order valence-corrected chi connectivity index (χ0v) is 46.3. The first kappa shape index (κ1) is 68.1. The minimum Gasteiger partial charge on any atom is -0.394 e. The van der Waals surface area contributed by atoms with Gasteiger partial charge in [0, 0.05) is 6.42 Å². The summed E-state index contributed by atoms with van der Waals surface area (Å²) in [4.78, 5) is 13.3. The van der Waals surface area contributed by atoms with E-state index in [9.17, 15) is 45.6 Å². The van der Waals surface area contributed by atoms with E-state index in [1.165, 1.54) is 122 Å². The summed E-state index contributed by atoms with van der Waals surface area (Å²) < 4.78 is 22.8. The van der Waals surface area contributed by atoms with Gasteiger partial charge in [0.1, 0.15) is 48.8 Å². The van der Waals surface area contributed by atoms with Crippen molar-refractivity contribution in [2.24, 2.45) is 0 Å². The van der Waals surface area contributed by atoms with Gasteiger partial charge in [0.2, 0.25) is 5.91 Å². The number of aliphatic hydroxyl groups excluding tert-OH is 8. The molecular formula is C60H109NO13. The molecule has 74 heavy (non-hydrogen) atoms. The number of allylic oxidation sites excluding steroid dienone is 8. The third-order valence-corrected chi connectivity index (χ3v) is 14.6. The standard InChI is InChI=1S/C60H109NO13/c1-3-5-7-9-11-13-15-17-19-21-23-24-26-28-30-32-34-36-38-40-42-44-52(65)61-48(49(64)43-41-39-37-35-33-31-29-27-25-22-20-18-16-14-12-10-8-6-4-2)47-71-59-57(70)55(68)58(51(46-63)73-59)74-60-56(69)54(67)53(66)50(45-62)72-60/h5,7,11,13,17,19,23-24,48-51,53-60,62-64,66-70H,3-4,6,8-10,12,14-16,18,20-22,25-47H2,1-2H3,(H,61,65)/b7-5-,13-11-,19-17-,24-23-. The average Bonchev–Trinajstić information content (AvgIpc) is 3.40. The summed E-state index contributed by atoms with van der Waals surface area (Å²) in [6, 6.07) is -0.835. The molecule has 2 rings (SSSR count). The van der Waals surface area contributed by atoms with Gasteiger partial charge in [-0.2, -0.15) is 0 Å². The Bertz CT molecular complexity index is 1430. The molecule has 2 saturated heterocycles. The smallest absolute Gasteiger partial charge is 0.220 e. The molecule has 2 fully saturated rings. The van der Waals surface area contributed by atoms with Crippen molar-refractivity contribution in [2.75, 3.05) is 19.8 Å². The van der Waals surface area contributed by atoms with Crippen LogP contribution < -0.4 is 5.32 Å². The van der Waals surface area contributed by atoms with Crippen LogP contribution in [0.4, 0.5) is 0 Å². The molecule has 0 aliphatic carbocycles. The van der Waals surface area contributed by atoms with Gasteiger partial charge in [-0.25, -0.2) is 0 Å². The number of carbonyl (C=O) groups is 1. The zero-order chi connectivity index (χ0) is 53.9. The van der Waals surface area contributed by atoms with E-state index in [1.54, 1.807) is 0 Å². The van der Waals surface area contributed by atoms with Crippen molar-refractivity contribution in [3.8, 4) is 0 Å². The summed E-state index contributed by atoms with van der Waals surface area (Å²) in [6.07, 6.45) is 39.6. The van der Waals surface area contributed by atoms with Gasteiger partial charge in [-0.15, -0.1) is 0 Å². The van der Waals surface area contributed by atoms with Crippen LogP contribution in [0.3, 0.4) is 0 Å². The minimum absolute atomic E-state index is 0.215. The third-order valence-electron chi connectivity index (χ3n) is 14.6. The molecule has 2 heterocycles. The van der Waals surface area contributed by atoms with Gasteiger partial charge in [0.05, 0.1) is 32.0 Å². The molecule has 0 aromatic carbocycles. The predicted molar refractivity (Wildman–Crippen MR) is 295 cm³/mol. The molecule has 432 valence electrons. The Morgan fingerprint density at radius 1 is 0.500 bits per heavy atom. The van der Waals surface area contributed by atoms with E-state index >= 15 is 0 Å². The molecule has 14 heteroatoms. The lowest BCUT2D eigenvalue weighted by Crippen LogP contribution is -2.65. The second-order valence-electron chi connectivity index (χ2n) is 21.1. The predicted octanol–water partition coefficient (Wildman–Crippen LogP) is 10.0. The molecule has 12 atom stereocenters. The Morgan fingerprint density at radius 2 is 0.932 bits per heavy atom. The molecule has 14 nitrogen and oxygen atoms in total. The van der Waals surface area contributed by atoms with Crippen molar-refractivity contribution in [3.05, 3.63) is 48.6 Å². The SMILES string of the molecule is CC/C=C\C/C=C\C/C=C\C/C=C\CCCCCCCCCCC(=O)NC(COC1OC(CO)C(OC2OC(CO)C(O)C(O)C2O)C(O)C1O)C(O)CCCCCCCCCCCCCCCCCCCCC. The summed E-state index contributed by atoms with van der Waals surface area (Å²) in [6.45, 7) is 2.76. The van der Waals surface area contributed by atoms with Gasteiger partial charge in [-0.3, -0.25) is 4.79 Å². The molecule has 0 aromatic rings. The maximum absolute atomic E-state index is 13.3. The summed E-state index contributed by atoms with van der Waals surface area (Å²) in [5.74, 6) is -0.215. The number of nitrogens with one attached hydrogen (secondary N) is 1. The molecule has 0 spiro atoms. The second-order valence-corrected chi connectivity index (χ2v) is 21.1. The van der Waals surface area contributed by atoms with Gasteiger partial charge in [-0.05, 0) is 51.4 Å². The maximum atomic E-state index is 13.3. The number of carbonyl (C=O) groups excluding carboxylic acids is 1. The van der Waals surface area contributed by atoms with Gasteiger partial charge in [-0.1, -0.05) is 223 Å². The van der Waals surface area contributed by atoms with E-state index < -0.39 is 86.8 Å². The molecule has 0 saturated carbocycles. The monoisotopic (exact) mass is 1050 g/mol. The highest BCUT2D eigenvalue weighted by molar-refractivity contribution is 5.76. The Morgan fingerprint density at radius 3 is 1.43 bits per heavy atom. The van der Waals surface area contributed by atoms with Crippen LogP contribution in [-0.4, -0.2) is 140 Å². The van der Waals surface area contributed by atoms with Crippen LogP contribution in [-0.2, 0) is 23.7 Å². The first-order chi connectivity index (χ1) is 36.1. The highest BCUT2D eigenvalue weighted by atomic mass is 16.7. The lowest BCUT2D eigenvalue weighted by molar-refractivity contribution is -0.359. The number of aliphatic hydroxyl groups is 8. The van der Waals surface area contributed by atoms with Crippen molar-refractivity contribution in [3.63, 3.8) is 0 Å². The normalized spacial score (nSPS) is 25.5. The Kier molecular flexibility index (Phi) is 42.2. The number of ether oxygens (including phenoxy) is 4. The third kappa shape index (κ3) is 31.4. The first-order valence-electron chi connectivity index (χ1n) is 29.9. The van der Waals surface area contributed by atoms with Crippen LogP contribution in [0.25, 0.3) is 0 Å². The van der Waals surface area contributed by atoms with E-state index in [1.807, 2.05) is 0 Å². The number of hydrogen-bond donors (Lipinski definition) is 9. The fourth-order valence-corrected chi connectivity index (χ4v) is 9.76. The lowest BCUT2D eigenvalue weighted by Gasteiger charge is -2.46. The largest absolute Gasteiger partial charge is 0.394 e. The Labute approximate surface area is 448 Å². The first-order valence-corrected chi connectivity index (χ1v) is 29.9. The summed E-state index contributed by atoms with van der Waals surface area (Å²) in [5, 5.41) is 87.3. The molecule has 2 aliphatic rings. The quantitative estimate of drug-likeness (QED) is 0.0205. The van der Waals surface area contributed by atoms with Crippen LogP contribution in [0, 0.1) is 0 Å². The van der Waals surface area contributed by atoms with Crippen LogP contribution in [0.5, 0.6) is 0 Å². The number of amides is 1. The van der Waals surface area contributed by atoms with E-state index in [0.29, 0.717) is 19.3 Å². The zero-order valence-electron chi connectivity index (χ0n) is 46.3. The van der Waals surface area contributed by atoms with Crippen molar-refractivity contribution in [2.45, 2.75) is 306 Å². The molecule has 0 aromatic heterocycles. The van der Waals surface area contributed by atoms with E-state index in [4.69, 9.17) is 18.9 Å². The molecule has 12 unspecified atom stereocenters. The highest BCUT2D eigenvalue weighted by Crippen LogP contribution is 2.30. The number of unbranched alkanes of at least 4 members (excludes halogenated alkanes) is 26. The van der Waals surface area contributed by atoms with Crippen molar-refractivity contribution < 1.29 is 64.6 Å². The van der Waals surface area contributed by atoms with Gasteiger partial charge in [0.15, 0.2) is 12.6 Å². The van der Waals surface area contributed by atoms with Crippen LogP contribution in [0.2, 0.25) is 0 Å².